The molecule has 1 aromatic carbocycles. The fourth-order valence-corrected chi connectivity index (χ4v) is 3.31. The summed E-state index contributed by atoms with van der Waals surface area (Å²) in [6.45, 7) is 1.86. The van der Waals surface area contributed by atoms with Gasteiger partial charge in [0.1, 0.15) is 17.1 Å². The third-order valence-electron chi connectivity index (χ3n) is 4.12. The van der Waals surface area contributed by atoms with E-state index in [-0.39, 0.29) is 12.5 Å². The van der Waals surface area contributed by atoms with E-state index in [1.54, 1.807) is 19.2 Å². The van der Waals surface area contributed by atoms with Gasteiger partial charge in [0.2, 0.25) is 5.79 Å². The predicted molar refractivity (Wildman–Crippen MR) is 77.2 cm³/mol. The summed E-state index contributed by atoms with van der Waals surface area (Å²) in [5.41, 5.74) is 1.14. The van der Waals surface area contributed by atoms with Crippen LogP contribution in [0.4, 0.5) is 0 Å². The molecule has 0 aromatic heterocycles. The van der Waals surface area contributed by atoms with Gasteiger partial charge < -0.3 is 24.1 Å². The molecule has 1 aromatic rings. The number of aliphatic hydroxyl groups is 1. The monoisotopic (exact) mass is 308 g/mol. The van der Waals surface area contributed by atoms with Gasteiger partial charge in [-0.25, -0.2) is 4.79 Å². The number of benzene rings is 1. The van der Waals surface area contributed by atoms with Crippen LogP contribution in [0.3, 0.4) is 0 Å². The average Bonchev–Trinajstić information content (AvgIpc) is 2.43. The summed E-state index contributed by atoms with van der Waals surface area (Å²) in [4.78, 5) is 12.4. The minimum atomic E-state index is -1.11. The summed E-state index contributed by atoms with van der Waals surface area (Å²) in [7, 11) is 3.05. The lowest BCUT2D eigenvalue weighted by Crippen LogP contribution is -2.52. The molecule has 120 valence electrons. The molecule has 0 aliphatic carbocycles. The van der Waals surface area contributed by atoms with Crippen LogP contribution in [0.2, 0.25) is 0 Å². The van der Waals surface area contributed by atoms with Crippen LogP contribution in [0.1, 0.15) is 35.7 Å². The number of rotatable bonds is 2. The van der Waals surface area contributed by atoms with Crippen molar-refractivity contribution in [1.82, 2.24) is 0 Å². The highest BCUT2D eigenvalue weighted by Gasteiger charge is 2.48. The smallest absolute Gasteiger partial charge is 0.344 e. The molecular formula is C16H20O6. The minimum Gasteiger partial charge on any atom is -0.497 e. The van der Waals surface area contributed by atoms with Crippen molar-refractivity contribution < 1.29 is 28.8 Å². The number of hydrogen-bond donors (Lipinski definition) is 1. The zero-order chi connectivity index (χ0) is 15.9. The van der Waals surface area contributed by atoms with Crippen LogP contribution in [0.15, 0.2) is 12.1 Å². The highest BCUT2D eigenvalue weighted by Crippen LogP contribution is 2.42. The molecule has 3 rings (SSSR count). The van der Waals surface area contributed by atoms with E-state index in [1.165, 1.54) is 7.11 Å². The van der Waals surface area contributed by atoms with Crippen molar-refractivity contribution in [2.45, 2.75) is 44.2 Å². The van der Waals surface area contributed by atoms with Gasteiger partial charge in [-0.15, -0.1) is 0 Å². The highest BCUT2D eigenvalue weighted by molar-refractivity contribution is 5.96. The molecule has 2 aliphatic rings. The van der Waals surface area contributed by atoms with E-state index in [4.69, 9.17) is 18.9 Å². The maximum absolute atomic E-state index is 12.4. The van der Waals surface area contributed by atoms with Gasteiger partial charge >= 0.3 is 5.97 Å². The topological polar surface area (TPSA) is 74.2 Å². The number of aliphatic hydroxyl groups excluding tert-OH is 1. The highest BCUT2D eigenvalue weighted by atomic mass is 16.7. The number of esters is 1. The molecule has 2 aliphatic heterocycles. The van der Waals surface area contributed by atoms with Crippen LogP contribution in [0.5, 0.6) is 11.5 Å². The second-order valence-electron chi connectivity index (χ2n) is 5.86. The van der Waals surface area contributed by atoms with Gasteiger partial charge in [0.25, 0.3) is 0 Å². The third-order valence-corrected chi connectivity index (χ3v) is 4.12. The number of methoxy groups -OCH3 is 2. The van der Waals surface area contributed by atoms with E-state index >= 15 is 0 Å². The molecule has 1 saturated heterocycles. The Kier molecular flexibility index (Phi) is 3.74. The summed E-state index contributed by atoms with van der Waals surface area (Å²) in [5, 5.41) is 10.0. The van der Waals surface area contributed by atoms with Gasteiger partial charge in [0.05, 0.1) is 26.4 Å². The van der Waals surface area contributed by atoms with Crippen LogP contribution in [-0.4, -0.2) is 43.3 Å². The summed E-state index contributed by atoms with van der Waals surface area (Å²) < 4.78 is 22.0. The molecule has 6 nitrogen and oxygen atoms in total. The zero-order valence-corrected chi connectivity index (χ0v) is 12.9. The van der Waals surface area contributed by atoms with Crippen molar-refractivity contribution >= 4 is 5.97 Å². The van der Waals surface area contributed by atoms with E-state index in [0.717, 1.165) is 5.56 Å². The SMILES string of the molecule is COc1cc2c(c(OC)c1)C(=O)O[C@]1(C2)C[C@H](O)C[C@H](C)O1. The Morgan fingerprint density at radius 1 is 1.32 bits per heavy atom. The Labute approximate surface area is 128 Å². The molecule has 0 bridgehead atoms. The number of carbonyl (C=O) groups is 1. The normalized spacial score (nSPS) is 30.6. The zero-order valence-electron chi connectivity index (χ0n) is 12.9. The van der Waals surface area contributed by atoms with Gasteiger partial charge in [-0.2, -0.15) is 0 Å². The largest absolute Gasteiger partial charge is 0.497 e. The molecule has 1 fully saturated rings. The fourth-order valence-electron chi connectivity index (χ4n) is 3.31. The lowest BCUT2D eigenvalue weighted by atomic mass is 9.89. The number of fused-ring (bicyclic) bond motifs is 1. The first kappa shape index (κ1) is 15.1. The third kappa shape index (κ3) is 2.53. The first-order valence-electron chi connectivity index (χ1n) is 7.30. The van der Waals surface area contributed by atoms with Gasteiger partial charge in [0.15, 0.2) is 0 Å². The van der Waals surface area contributed by atoms with E-state index in [2.05, 4.69) is 0 Å². The van der Waals surface area contributed by atoms with Crippen LogP contribution in [0.25, 0.3) is 0 Å². The van der Waals surface area contributed by atoms with E-state index < -0.39 is 17.9 Å². The lowest BCUT2D eigenvalue weighted by Gasteiger charge is -2.44. The van der Waals surface area contributed by atoms with Crippen LogP contribution >= 0.6 is 0 Å². The van der Waals surface area contributed by atoms with Crippen molar-refractivity contribution in [3.8, 4) is 11.5 Å². The molecule has 0 amide bonds. The Balaban J connectivity index is 2.03. The van der Waals surface area contributed by atoms with Gasteiger partial charge in [-0.05, 0) is 25.0 Å². The maximum atomic E-state index is 12.4. The predicted octanol–water partition coefficient (Wildman–Crippen LogP) is 1.67. The first-order chi connectivity index (χ1) is 10.5. The molecule has 0 radical (unpaired) electrons. The second kappa shape index (κ2) is 5.44. The number of ether oxygens (including phenoxy) is 4. The lowest BCUT2D eigenvalue weighted by molar-refractivity contribution is -0.268. The van der Waals surface area contributed by atoms with E-state index in [1.807, 2.05) is 6.92 Å². The number of carbonyl (C=O) groups excluding carboxylic acids is 1. The van der Waals surface area contributed by atoms with Crippen LogP contribution in [-0.2, 0) is 15.9 Å². The standard InChI is InChI=1S/C16H20O6/c1-9-4-11(17)8-16(21-9)7-10-5-12(19-2)6-13(20-3)14(10)15(18)22-16/h5-6,9,11,17H,4,7-8H2,1-3H3/t9-,11+,16+/m0/s1. The summed E-state index contributed by atoms with van der Waals surface area (Å²) >= 11 is 0. The Hall–Kier alpha value is -1.79. The molecular weight excluding hydrogens is 288 g/mol. The number of hydrogen-bond acceptors (Lipinski definition) is 6. The van der Waals surface area contributed by atoms with Crippen molar-refractivity contribution in [1.29, 1.82) is 0 Å². The van der Waals surface area contributed by atoms with E-state index in [0.29, 0.717) is 29.9 Å². The quantitative estimate of drug-likeness (QED) is 0.838. The minimum absolute atomic E-state index is 0.175. The molecule has 0 unspecified atom stereocenters. The molecule has 1 N–H and O–H groups in total. The molecule has 1 spiro atoms. The summed E-state index contributed by atoms with van der Waals surface area (Å²) in [6.07, 6.45) is 0.440. The van der Waals surface area contributed by atoms with Gasteiger partial charge in [0, 0.05) is 18.9 Å². The van der Waals surface area contributed by atoms with Gasteiger partial charge in [-0.3, -0.25) is 0 Å². The van der Waals surface area contributed by atoms with Crippen LogP contribution < -0.4 is 9.47 Å². The summed E-state index contributed by atoms with van der Waals surface area (Å²) in [5.74, 6) is -0.594. The Morgan fingerprint density at radius 2 is 2.09 bits per heavy atom. The van der Waals surface area contributed by atoms with Gasteiger partial charge in [-0.1, -0.05) is 0 Å². The van der Waals surface area contributed by atoms with Crippen molar-refractivity contribution in [3.63, 3.8) is 0 Å². The average molecular weight is 308 g/mol. The molecule has 0 saturated carbocycles. The molecule has 2 heterocycles. The first-order valence-corrected chi connectivity index (χ1v) is 7.30. The van der Waals surface area contributed by atoms with Crippen molar-refractivity contribution in [2.75, 3.05) is 14.2 Å². The van der Waals surface area contributed by atoms with Crippen molar-refractivity contribution in [3.05, 3.63) is 23.3 Å². The Morgan fingerprint density at radius 3 is 2.73 bits per heavy atom. The second-order valence-corrected chi connectivity index (χ2v) is 5.86. The van der Waals surface area contributed by atoms with Crippen LogP contribution in [0, 0.1) is 0 Å². The maximum Gasteiger partial charge on any atom is 0.344 e. The summed E-state index contributed by atoms with van der Waals surface area (Å²) in [6, 6.07) is 3.44. The van der Waals surface area contributed by atoms with Crippen molar-refractivity contribution in [2.24, 2.45) is 0 Å². The molecule has 3 atom stereocenters. The fraction of sp³-hybridized carbons (Fsp3) is 0.562. The Bertz CT molecular complexity index is 587. The molecule has 6 heteroatoms. The molecule has 22 heavy (non-hydrogen) atoms. The van der Waals surface area contributed by atoms with E-state index in [9.17, 15) is 9.90 Å².